The van der Waals surface area contributed by atoms with Crippen LogP contribution in [-0.4, -0.2) is 64.7 Å². The summed E-state index contributed by atoms with van der Waals surface area (Å²) in [5, 5.41) is 6.75. The van der Waals surface area contributed by atoms with Crippen molar-refractivity contribution in [1.82, 2.24) is 20.1 Å². The van der Waals surface area contributed by atoms with Gasteiger partial charge in [0.05, 0.1) is 24.8 Å². The SMILES string of the molecule is CC(C)(C)OC(=O)N1CCN2C(NCc3nc(C4CC4)cs3)=NCC2C1. The lowest BCUT2D eigenvalue weighted by molar-refractivity contribution is 0.0137. The fourth-order valence-corrected chi connectivity index (χ4v) is 4.17. The quantitative estimate of drug-likeness (QED) is 0.876. The first-order chi connectivity index (χ1) is 12.4. The molecule has 7 nitrogen and oxygen atoms in total. The number of guanidine groups is 1. The van der Waals surface area contributed by atoms with Crippen molar-refractivity contribution in [3.8, 4) is 0 Å². The molecule has 0 bridgehead atoms. The van der Waals surface area contributed by atoms with Crippen molar-refractivity contribution in [2.45, 2.75) is 57.7 Å². The Kier molecular flexibility index (Phi) is 4.54. The van der Waals surface area contributed by atoms with Crippen LogP contribution in [0.2, 0.25) is 0 Å². The maximum atomic E-state index is 12.3. The number of fused-ring (bicyclic) bond motifs is 1. The van der Waals surface area contributed by atoms with E-state index in [4.69, 9.17) is 9.72 Å². The van der Waals surface area contributed by atoms with Crippen LogP contribution in [-0.2, 0) is 11.3 Å². The Labute approximate surface area is 158 Å². The molecule has 0 radical (unpaired) electrons. The largest absolute Gasteiger partial charge is 0.444 e. The lowest BCUT2D eigenvalue weighted by Gasteiger charge is -2.39. The second kappa shape index (κ2) is 6.72. The Balaban J connectivity index is 1.28. The molecule has 0 spiro atoms. The van der Waals surface area contributed by atoms with Gasteiger partial charge in [-0.25, -0.2) is 9.78 Å². The summed E-state index contributed by atoms with van der Waals surface area (Å²) in [6.07, 6.45) is 2.34. The Bertz CT molecular complexity index is 707. The molecule has 142 valence electrons. The molecule has 2 aliphatic heterocycles. The number of amides is 1. The number of aromatic nitrogens is 1. The molecular formula is C18H27N5O2S. The van der Waals surface area contributed by atoms with Crippen LogP contribution >= 0.6 is 11.3 Å². The topological polar surface area (TPSA) is 70.1 Å². The summed E-state index contributed by atoms with van der Waals surface area (Å²) < 4.78 is 5.49. The van der Waals surface area contributed by atoms with E-state index in [1.807, 2.05) is 20.8 Å². The smallest absolute Gasteiger partial charge is 0.410 e. The lowest BCUT2D eigenvalue weighted by Crippen LogP contribution is -2.57. The predicted octanol–water partition coefficient (Wildman–Crippen LogP) is 2.40. The third-order valence-corrected chi connectivity index (χ3v) is 5.69. The van der Waals surface area contributed by atoms with Crippen LogP contribution in [0.25, 0.3) is 0 Å². The third-order valence-electron chi connectivity index (χ3n) is 4.82. The molecule has 1 saturated carbocycles. The van der Waals surface area contributed by atoms with E-state index in [-0.39, 0.29) is 12.1 Å². The van der Waals surface area contributed by atoms with Gasteiger partial charge in [-0.05, 0) is 33.6 Å². The third kappa shape index (κ3) is 3.95. The van der Waals surface area contributed by atoms with Gasteiger partial charge in [-0.3, -0.25) is 4.99 Å². The summed E-state index contributed by atoms with van der Waals surface area (Å²) in [4.78, 5) is 25.7. The number of aliphatic imine (C=N–C) groups is 1. The fraction of sp³-hybridized carbons (Fsp3) is 0.722. The van der Waals surface area contributed by atoms with Gasteiger partial charge in [0.2, 0.25) is 0 Å². The van der Waals surface area contributed by atoms with E-state index in [9.17, 15) is 4.79 Å². The van der Waals surface area contributed by atoms with Gasteiger partial charge in [-0.2, -0.15) is 0 Å². The van der Waals surface area contributed by atoms with Crippen molar-refractivity contribution in [1.29, 1.82) is 0 Å². The number of nitrogens with one attached hydrogen (secondary N) is 1. The lowest BCUT2D eigenvalue weighted by atomic mass is 10.2. The second-order valence-corrected chi connectivity index (χ2v) is 9.17. The molecule has 1 saturated heterocycles. The summed E-state index contributed by atoms with van der Waals surface area (Å²) in [5.74, 6) is 1.64. The average molecular weight is 378 g/mol. The summed E-state index contributed by atoms with van der Waals surface area (Å²) in [6.45, 7) is 9.23. The van der Waals surface area contributed by atoms with Crippen LogP contribution in [0.5, 0.6) is 0 Å². The zero-order chi connectivity index (χ0) is 18.3. The number of carbonyl (C=O) groups excluding carboxylic acids is 1. The molecule has 1 unspecified atom stereocenters. The summed E-state index contributed by atoms with van der Waals surface area (Å²) in [7, 11) is 0. The minimum atomic E-state index is -0.458. The standard InChI is InChI=1S/C18H27N5O2S/c1-18(2,3)25-17(24)22-6-7-23-13(10-22)8-19-16(23)20-9-15-21-14(11-26-15)12-4-5-12/h11-13H,4-10H2,1-3H3,(H,19,20). The number of rotatable bonds is 3. The van der Waals surface area contributed by atoms with Crippen LogP contribution in [0.15, 0.2) is 10.4 Å². The van der Waals surface area contributed by atoms with E-state index in [2.05, 4.69) is 20.6 Å². The molecule has 1 aromatic rings. The van der Waals surface area contributed by atoms with Crippen LogP contribution < -0.4 is 5.32 Å². The molecule has 4 rings (SSSR count). The first-order valence-corrected chi connectivity index (χ1v) is 10.2. The number of nitrogens with zero attached hydrogens (tertiary/aromatic N) is 4. The molecule has 1 aromatic heterocycles. The highest BCUT2D eigenvalue weighted by Gasteiger charge is 2.36. The van der Waals surface area contributed by atoms with Gasteiger partial charge in [0, 0.05) is 30.9 Å². The van der Waals surface area contributed by atoms with Gasteiger partial charge < -0.3 is 19.9 Å². The first kappa shape index (κ1) is 17.6. The predicted molar refractivity (Wildman–Crippen MR) is 102 cm³/mol. The number of piperazine rings is 1. The van der Waals surface area contributed by atoms with Crippen molar-refractivity contribution in [2.75, 3.05) is 26.2 Å². The van der Waals surface area contributed by atoms with E-state index in [0.29, 0.717) is 25.6 Å². The van der Waals surface area contributed by atoms with Crippen molar-refractivity contribution < 1.29 is 9.53 Å². The van der Waals surface area contributed by atoms with Crippen molar-refractivity contribution in [3.05, 3.63) is 16.1 Å². The van der Waals surface area contributed by atoms with E-state index in [0.717, 1.165) is 24.1 Å². The maximum Gasteiger partial charge on any atom is 0.410 e. The summed E-state index contributed by atoms with van der Waals surface area (Å²) >= 11 is 1.72. The Morgan fingerprint density at radius 3 is 2.92 bits per heavy atom. The number of ether oxygens (including phenoxy) is 1. The van der Waals surface area contributed by atoms with Gasteiger partial charge in [0.25, 0.3) is 0 Å². The molecule has 1 amide bonds. The Morgan fingerprint density at radius 1 is 1.38 bits per heavy atom. The minimum Gasteiger partial charge on any atom is -0.444 e. The zero-order valence-electron chi connectivity index (χ0n) is 15.7. The van der Waals surface area contributed by atoms with Crippen molar-refractivity contribution in [3.63, 3.8) is 0 Å². The van der Waals surface area contributed by atoms with E-state index < -0.39 is 5.60 Å². The zero-order valence-corrected chi connectivity index (χ0v) is 16.5. The highest BCUT2D eigenvalue weighted by molar-refractivity contribution is 7.09. The van der Waals surface area contributed by atoms with Gasteiger partial charge in [0.1, 0.15) is 10.6 Å². The van der Waals surface area contributed by atoms with Gasteiger partial charge in [-0.15, -0.1) is 11.3 Å². The van der Waals surface area contributed by atoms with Gasteiger partial charge >= 0.3 is 6.09 Å². The molecule has 8 heteroatoms. The monoisotopic (exact) mass is 377 g/mol. The molecule has 3 heterocycles. The van der Waals surface area contributed by atoms with E-state index >= 15 is 0 Å². The van der Waals surface area contributed by atoms with E-state index in [1.54, 1.807) is 16.2 Å². The van der Waals surface area contributed by atoms with Crippen molar-refractivity contribution in [2.24, 2.45) is 4.99 Å². The Morgan fingerprint density at radius 2 is 2.19 bits per heavy atom. The average Bonchev–Trinajstić information content (AvgIpc) is 3.18. The summed E-state index contributed by atoms with van der Waals surface area (Å²) in [6, 6.07) is 0.233. The molecule has 1 atom stereocenters. The Hall–Kier alpha value is -1.83. The first-order valence-electron chi connectivity index (χ1n) is 9.36. The molecule has 1 aliphatic carbocycles. The molecule has 3 aliphatic rings. The molecule has 0 aromatic carbocycles. The van der Waals surface area contributed by atoms with Gasteiger partial charge in [0.15, 0.2) is 5.96 Å². The molecule has 26 heavy (non-hydrogen) atoms. The maximum absolute atomic E-state index is 12.3. The highest BCUT2D eigenvalue weighted by atomic mass is 32.1. The number of hydrogen-bond acceptors (Lipinski definition) is 7. The van der Waals surface area contributed by atoms with E-state index in [1.165, 1.54) is 18.5 Å². The van der Waals surface area contributed by atoms with Crippen LogP contribution in [0.3, 0.4) is 0 Å². The minimum absolute atomic E-state index is 0.228. The van der Waals surface area contributed by atoms with Crippen molar-refractivity contribution >= 4 is 23.4 Å². The highest BCUT2D eigenvalue weighted by Crippen LogP contribution is 2.40. The molecule has 1 N–H and O–H groups in total. The number of thiazole rings is 1. The van der Waals surface area contributed by atoms with Crippen LogP contribution in [0.1, 0.15) is 50.2 Å². The molecular weight excluding hydrogens is 350 g/mol. The molecule has 2 fully saturated rings. The van der Waals surface area contributed by atoms with Gasteiger partial charge in [-0.1, -0.05) is 0 Å². The normalized spacial score (nSPS) is 22.9. The fourth-order valence-electron chi connectivity index (χ4n) is 3.35. The second-order valence-electron chi connectivity index (χ2n) is 8.23. The van der Waals surface area contributed by atoms with Crippen LogP contribution in [0, 0.1) is 0 Å². The van der Waals surface area contributed by atoms with Crippen LogP contribution in [0.4, 0.5) is 4.79 Å². The summed E-state index contributed by atoms with van der Waals surface area (Å²) in [5.41, 5.74) is 0.796. The number of hydrogen-bond donors (Lipinski definition) is 1. The number of carbonyl (C=O) groups is 1.